The lowest BCUT2D eigenvalue weighted by Gasteiger charge is -2.17. The van der Waals surface area contributed by atoms with Crippen LogP contribution in [0.2, 0.25) is 0 Å². The van der Waals surface area contributed by atoms with Gasteiger partial charge in [-0.25, -0.2) is 9.97 Å². The first-order valence-corrected chi connectivity index (χ1v) is 7.10. The maximum atomic E-state index is 9.25. The summed E-state index contributed by atoms with van der Waals surface area (Å²) in [6.07, 6.45) is 8.49. The lowest BCUT2D eigenvalue weighted by atomic mass is 10.2. The van der Waals surface area contributed by atoms with Crippen LogP contribution in [0.1, 0.15) is 32.4 Å². The first-order valence-electron chi connectivity index (χ1n) is 7.10. The standard InChI is InChI=1S/C14H21N5O.2ClH/c1-10(2)19-9-15-7-13(19)14-16-3-4-18(14)12-5-11(8-20)17-6-12;;/h3-4,7,9-12,17,20H,5-6,8H2,1-2H3;2*1H/t11-,12+;;/m1../s1. The van der Waals surface area contributed by atoms with Crippen molar-refractivity contribution in [2.24, 2.45) is 0 Å². The highest BCUT2D eigenvalue weighted by Gasteiger charge is 2.27. The fourth-order valence-corrected chi connectivity index (χ4v) is 2.84. The summed E-state index contributed by atoms with van der Waals surface area (Å²) in [6, 6.07) is 0.870. The molecule has 0 aliphatic carbocycles. The number of hydrogen-bond acceptors (Lipinski definition) is 4. The van der Waals surface area contributed by atoms with E-state index in [9.17, 15) is 5.11 Å². The number of imidazole rings is 2. The van der Waals surface area contributed by atoms with Gasteiger partial charge in [0.05, 0.1) is 19.1 Å². The third-order valence-electron chi connectivity index (χ3n) is 3.93. The minimum atomic E-state index is 0. The Hall–Kier alpha value is -1.08. The molecule has 3 heterocycles. The molecule has 8 heteroatoms. The fourth-order valence-electron chi connectivity index (χ4n) is 2.84. The third kappa shape index (κ3) is 3.46. The normalized spacial score (nSPS) is 20.7. The van der Waals surface area contributed by atoms with E-state index in [1.807, 2.05) is 24.9 Å². The Morgan fingerprint density at radius 3 is 2.82 bits per heavy atom. The quantitative estimate of drug-likeness (QED) is 0.888. The SMILES string of the molecule is CC(C)n1cncc1-c1nccn1[C@@H]1CN[C@@H](CO)C1.Cl.Cl. The predicted octanol–water partition coefficient (Wildman–Crippen LogP) is 2.07. The van der Waals surface area contributed by atoms with E-state index >= 15 is 0 Å². The molecule has 1 fully saturated rings. The van der Waals surface area contributed by atoms with Gasteiger partial charge in [-0.15, -0.1) is 24.8 Å². The van der Waals surface area contributed by atoms with Crippen molar-refractivity contribution in [2.75, 3.05) is 13.2 Å². The Balaban J connectivity index is 0.00000121. The topological polar surface area (TPSA) is 67.9 Å². The average molecular weight is 348 g/mol. The van der Waals surface area contributed by atoms with Gasteiger partial charge in [0.1, 0.15) is 5.69 Å². The van der Waals surface area contributed by atoms with Crippen LogP contribution in [0.5, 0.6) is 0 Å². The van der Waals surface area contributed by atoms with Crippen molar-refractivity contribution in [1.29, 1.82) is 0 Å². The molecule has 124 valence electrons. The van der Waals surface area contributed by atoms with E-state index in [-0.39, 0.29) is 37.5 Å². The Bertz CT molecular complexity index is 583. The summed E-state index contributed by atoms with van der Waals surface area (Å²) in [4.78, 5) is 8.76. The zero-order valence-corrected chi connectivity index (χ0v) is 14.3. The predicted molar refractivity (Wildman–Crippen MR) is 90.9 cm³/mol. The third-order valence-corrected chi connectivity index (χ3v) is 3.93. The van der Waals surface area contributed by atoms with Crippen LogP contribution < -0.4 is 5.32 Å². The Labute approximate surface area is 142 Å². The summed E-state index contributed by atoms with van der Waals surface area (Å²) in [7, 11) is 0. The van der Waals surface area contributed by atoms with Crippen molar-refractivity contribution in [3.8, 4) is 11.5 Å². The van der Waals surface area contributed by atoms with Crippen molar-refractivity contribution in [3.05, 3.63) is 24.9 Å². The smallest absolute Gasteiger partial charge is 0.158 e. The number of nitrogens with zero attached hydrogens (tertiary/aromatic N) is 4. The molecule has 0 saturated carbocycles. The zero-order chi connectivity index (χ0) is 14.1. The molecule has 0 aromatic carbocycles. The largest absolute Gasteiger partial charge is 0.395 e. The highest BCUT2D eigenvalue weighted by molar-refractivity contribution is 5.85. The Morgan fingerprint density at radius 1 is 1.41 bits per heavy atom. The van der Waals surface area contributed by atoms with Gasteiger partial charge >= 0.3 is 0 Å². The van der Waals surface area contributed by atoms with Crippen molar-refractivity contribution in [2.45, 2.75) is 38.4 Å². The van der Waals surface area contributed by atoms with Gasteiger partial charge in [0.15, 0.2) is 5.82 Å². The second-order valence-corrected chi connectivity index (χ2v) is 5.62. The fraction of sp³-hybridized carbons (Fsp3) is 0.571. The lowest BCUT2D eigenvalue weighted by molar-refractivity contribution is 0.253. The summed E-state index contributed by atoms with van der Waals surface area (Å²) < 4.78 is 4.32. The zero-order valence-electron chi connectivity index (χ0n) is 12.7. The van der Waals surface area contributed by atoms with Crippen LogP contribution in [0.3, 0.4) is 0 Å². The van der Waals surface area contributed by atoms with E-state index in [1.54, 1.807) is 0 Å². The summed E-state index contributed by atoms with van der Waals surface area (Å²) >= 11 is 0. The van der Waals surface area contributed by atoms with E-state index in [2.05, 4.69) is 38.3 Å². The van der Waals surface area contributed by atoms with Crippen LogP contribution in [0, 0.1) is 0 Å². The molecule has 0 unspecified atom stereocenters. The van der Waals surface area contributed by atoms with Crippen LogP contribution in [0.4, 0.5) is 0 Å². The molecule has 6 nitrogen and oxygen atoms in total. The molecule has 1 saturated heterocycles. The maximum Gasteiger partial charge on any atom is 0.158 e. The summed E-state index contributed by atoms with van der Waals surface area (Å²) in [6.45, 7) is 5.32. The number of aromatic nitrogens is 4. The molecule has 0 amide bonds. The van der Waals surface area contributed by atoms with Crippen molar-refractivity contribution >= 4 is 24.8 Å². The van der Waals surface area contributed by atoms with Gasteiger partial charge in [-0.05, 0) is 20.3 Å². The van der Waals surface area contributed by atoms with E-state index < -0.39 is 0 Å². The summed E-state index contributed by atoms with van der Waals surface area (Å²) in [5, 5.41) is 12.6. The number of rotatable bonds is 4. The monoisotopic (exact) mass is 347 g/mol. The average Bonchev–Trinajstić information content (AvgIpc) is 3.16. The molecule has 0 radical (unpaired) electrons. The summed E-state index contributed by atoms with van der Waals surface area (Å²) in [5.74, 6) is 0.946. The Morgan fingerprint density at radius 2 is 2.18 bits per heavy atom. The summed E-state index contributed by atoms with van der Waals surface area (Å²) in [5.41, 5.74) is 1.04. The molecule has 2 aromatic rings. The van der Waals surface area contributed by atoms with Gasteiger partial charge in [0.25, 0.3) is 0 Å². The number of nitrogens with one attached hydrogen (secondary N) is 1. The van der Waals surface area contributed by atoms with E-state index in [0.717, 1.165) is 24.5 Å². The van der Waals surface area contributed by atoms with Crippen LogP contribution >= 0.6 is 24.8 Å². The molecule has 3 rings (SSSR count). The van der Waals surface area contributed by atoms with Gasteiger partial charge in [0.2, 0.25) is 0 Å². The van der Waals surface area contributed by atoms with Gasteiger partial charge in [0, 0.05) is 37.1 Å². The van der Waals surface area contributed by atoms with E-state index in [0.29, 0.717) is 12.1 Å². The van der Waals surface area contributed by atoms with Crippen molar-refractivity contribution in [3.63, 3.8) is 0 Å². The van der Waals surface area contributed by atoms with Crippen LogP contribution in [0.15, 0.2) is 24.9 Å². The molecule has 1 aliphatic heterocycles. The first kappa shape index (κ1) is 19.0. The molecule has 0 bridgehead atoms. The van der Waals surface area contributed by atoms with Crippen molar-refractivity contribution in [1.82, 2.24) is 24.4 Å². The number of aliphatic hydroxyl groups excluding tert-OH is 1. The first-order chi connectivity index (χ1) is 9.70. The molecule has 0 spiro atoms. The van der Waals surface area contributed by atoms with Crippen LogP contribution in [-0.2, 0) is 0 Å². The van der Waals surface area contributed by atoms with Gasteiger partial charge in [-0.3, -0.25) is 0 Å². The number of aliphatic hydroxyl groups is 1. The highest BCUT2D eigenvalue weighted by atomic mass is 35.5. The molecule has 2 N–H and O–H groups in total. The van der Waals surface area contributed by atoms with Crippen LogP contribution in [-0.4, -0.2) is 43.4 Å². The second-order valence-electron chi connectivity index (χ2n) is 5.62. The van der Waals surface area contributed by atoms with Crippen molar-refractivity contribution < 1.29 is 5.11 Å². The van der Waals surface area contributed by atoms with E-state index in [4.69, 9.17) is 0 Å². The molecule has 1 aliphatic rings. The van der Waals surface area contributed by atoms with Gasteiger partial charge in [-0.2, -0.15) is 0 Å². The highest BCUT2D eigenvalue weighted by Crippen LogP contribution is 2.27. The minimum absolute atomic E-state index is 0. The van der Waals surface area contributed by atoms with Gasteiger partial charge in [-0.1, -0.05) is 0 Å². The maximum absolute atomic E-state index is 9.25. The minimum Gasteiger partial charge on any atom is -0.395 e. The van der Waals surface area contributed by atoms with E-state index in [1.165, 1.54) is 0 Å². The number of hydrogen-bond donors (Lipinski definition) is 2. The molecular weight excluding hydrogens is 325 g/mol. The van der Waals surface area contributed by atoms with Gasteiger partial charge < -0.3 is 19.6 Å². The number of halogens is 2. The lowest BCUT2D eigenvalue weighted by Crippen LogP contribution is -2.24. The molecule has 22 heavy (non-hydrogen) atoms. The molecular formula is C14H23Cl2N5O. The second kappa shape index (κ2) is 7.97. The molecule has 2 atom stereocenters. The van der Waals surface area contributed by atoms with Crippen LogP contribution in [0.25, 0.3) is 11.5 Å². The molecule has 2 aromatic heterocycles. The Kier molecular flexibility index (Phi) is 6.87.